The van der Waals surface area contributed by atoms with Crippen LogP contribution in [-0.2, 0) is 9.59 Å². The second-order valence-corrected chi connectivity index (χ2v) is 12.2. The van der Waals surface area contributed by atoms with Gasteiger partial charge >= 0.3 is 5.97 Å². The van der Waals surface area contributed by atoms with Crippen molar-refractivity contribution in [1.82, 2.24) is 0 Å². The molecule has 0 radical (unpaired) electrons. The van der Waals surface area contributed by atoms with Gasteiger partial charge in [0.05, 0.1) is 40.8 Å². The van der Waals surface area contributed by atoms with E-state index in [-0.39, 0.29) is 34.1 Å². The number of hydrogen-bond acceptors (Lipinski definition) is 13. The second kappa shape index (κ2) is 14.6. The third-order valence-electron chi connectivity index (χ3n) is 8.65. The van der Waals surface area contributed by atoms with Gasteiger partial charge in [0.1, 0.15) is 22.9 Å². The first-order valence-corrected chi connectivity index (χ1v) is 16.5. The second-order valence-electron chi connectivity index (χ2n) is 12.2. The van der Waals surface area contributed by atoms with Crippen LogP contribution in [0.3, 0.4) is 0 Å². The quantitative estimate of drug-likeness (QED) is 0.0998. The summed E-state index contributed by atoms with van der Waals surface area (Å²) in [6, 6.07) is 26.0. The highest BCUT2D eigenvalue weighted by Crippen LogP contribution is 2.41. The lowest BCUT2D eigenvalue weighted by Crippen LogP contribution is -2.35. The first-order valence-electron chi connectivity index (χ1n) is 16.5. The molecule has 16 nitrogen and oxygen atoms in total. The van der Waals surface area contributed by atoms with Crippen LogP contribution in [0.2, 0.25) is 0 Å². The molecule has 1 atom stereocenters. The largest absolute Gasteiger partial charge is 0.507 e. The standard InChI is InChI=1S/C39H29N9O7/c1-20-17-30(32(55-2)19-29(20)44-42-27-7-3-5-21-6-4-8-31(49)33(21)27)45-43-28-16-11-23-18-24(12-15-26(23)36(28)50)41-46-35-34(37(40)51)47-48(38(35)52)25-13-9-22(10-14-25)39(53)54/h3-19,35,49-50H,1-2H3,(H2,40,51)(H,53,54)/b44-42+,45-43+,46-41+. The van der Waals surface area contributed by atoms with Gasteiger partial charge in [-0.25, -0.2) is 4.79 Å². The Hall–Kier alpha value is -7.88. The molecule has 6 aromatic rings. The zero-order valence-electron chi connectivity index (χ0n) is 29.0. The molecular formula is C39H29N9O7. The zero-order valence-corrected chi connectivity index (χ0v) is 29.0. The summed E-state index contributed by atoms with van der Waals surface area (Å²) in [7, 11) is 1.48. The average Bonchev–Trinajstić information content (AvgIpc) is 3.52. The number of methoxy groups -OCH3 is 1. The van der Waals surface area contributed by atoms with Gasteiger partial charge in [-0.15, -0.1) is 15.3 Å². The Labute approximate surface area is 311 Å². The molecule has 0 saturated heterocycles. The van der Waals surface area contributed by atoms with E-state index >= 15 is 0 Å². The number of hydrazone groups is 1. The van der Waals surface area contributed by atoms with Crippen molar-refractivity contribution in [2.75, 3.05) is 12.1 Å². The summed E-state index contributed by atoms with van der Waals surface area (Å²) in [5.41, 5.74) is 7.97. The number of carboxylic acids is 1. The number of nitrogens with zero attached hydrogens (tertiary/aromatic N) is 8. The van der Waals surface area contributed by atoms with Crippen molar-refractivity contribution in [1.29, 1.82) is 0 Å². The number of hydrogen-bond donors (Lipinski definition) is 4. The van der Waals surface area contributed by atoms with E-state index in [1.807, 2.05) is 25.1 Å². The lowest BCUT2D eigenvalue weighted by molar-refractivity contribution is -0.118. The molecule has 1 aliphatic rings. The van der Waals surface area contributed by atoms with E-state index < -0.39 is 23.8 Å². The van der Waals surface area contributed by atoms with Gasteiger partial charge in [0.15, 0.2) is 11.5 Å². The Kier molecular flexibility index (Phi) is 9.45. The van der Waals surface area contributed by atoms with Crippen molar-refractivity contribution < 1.29 is 34.4 Å². The number of carboxylic acid groups (broad SMARTS) is 1. The molecule has 6 aromatic carbocycles. The number of carbonyl (C=O) groups is 3. The van der Waals surface area contributed by atoms with Crippen LogP contribution in [-0.4, -0.2) is 52.0 Å². The molecule has 272 valence electrons. The van der Waals surface area contributed by atoms with Crippen LogP contribution in [0.4, 0.5) is 34.1 Å². The van der Waals surface area contributed by atoms with Crippen molar-refractivity contribution in [3.8, 4) is 17.2 Å². The van der Waals surface area contributed by atoms with E-state index in [9.17, 15) is 24.6 Å². The van der Waals surface area contributed by atoms with Gasteiger partial charge in [-0.3, -0.25) is 9.59 Å². The number of carbonyl (C=O) groups excluding carboxylic acids is 2. The summed E-state index contributed by atoms with van der Waals surface area (Å²) in [6.45, 7) is 1.83. The van der Waals surface area contributed by atoms with Crippen molar-refractivity contribution in [3.05, 3.63) is 114 Å². The Morgan fingerprint density at radius 1 is 0.782 bits per heavy atom. The third kappa shape index (κ3) is 7.02. The third-order valence-corrected chi connectivity index (χ3v) is 8.65. The Morgan fingerprint density at radius 3 is 2.22 bits per heavy atom. The van der Waals surface area contributed by atoms with Crippen molar-refractivity contribution >= 4 is 79.2 Å². The summed E-state index contributed by atoms with van der Waals surface area (Å²) < 4.78 is 5.56. The number of phenols is 2. The number of nitrogens with two attached hydrogens (primary N) is 1. The summed E-state index contributed by atoms with van der Waals surface area (Å²) in [6.07, 6.45) is 0. The van der Waals surface area contributed by atoms with E-state index in [4.69, 9.17) is 15.6 Å². The summed E-state index contributed by atoms with van der Waals surface area (Å²) in [5, 5.41) is 63.6. The van der Waals surface area contributed by atoms with Crippen molar-refractivity contribution in [2.24, 2.45) is 41.5 Å². The van der Waals surface area contributed by atoms with E-state index in [1.54, 1.807) is 60.7 Å². The molecule has 0 saturated carbocycles. The van der Waals surface area contributed by atoms with Gasteiger partial charge in [-0.05, 0) is 90.0 Å². The van der Waals surface area contributed by atoms with Crippen LogP contribution in [0.15, 0.2) is 139 Å². The number of ether oxygens (including phenoxy) is 1. The average molecular weight is 736 g/mol. The van der Waals surface area contributed by atoms with Crippen LogP contribution in [0.25, 0.3) is 21.5 Å². The molecule has 1 aliphatic heterocycles. The maximum absolute atomic E-state index is 13.2. The first kappa shape index (κ1) is 35.5. The Balaban J connectivity index is 1.10. The topological polar surface area (TPSA) is 237 Å². The maximum Gasteiger partial charge on any atom is 0.335 e. The summed E-state index contributed by atoms with van der Waals surface area (Å²) >= 11 is 0. The van der Waals surface area contributed by atoms with E-state index in [0.717, 1.165) is 16.0 Å². The molecule has 0 aromatic heterocycles. The van der Waals surface area contributed by atoms with Crippen LogP contribution in [0.5, 0.6) is 17.2 Å². The highest BCUT2D eigenvalue weighted by atomic mass is 16.5. The predicted octanol–water partition coefficient (Wildman–Crippen LogP) is 8.59. The van der Waals surface area contributed by atoms with E-state index in [0.29, 0.717) is 44.7 Å². The number of azo groups is 3. The van der Waals surface area contributed by atoms with Gasteiger partial charge in [0.25, 0.3) is 11.8 Å². The number of anilines is 1. The molecule has 16 heteroatoms. The fourth-order valence-electron chi connectivity index (χ4n) is 5.83. The molecule has 7 rings (SSSR count). The van der Waals surface area contributed by atoms with Crippen LogP contribution in [0, 0.1) is 6.92 Å². The molecule has 0 bridgehead atoms. The minimum absolute atomic E-state index is 0.00502. The molecule has 0 spiro atoms. The van der Waals surface area contributed by atoms with Crippen molar-refractivity contribution in [2.45, 2.75) is 13.0 Å². The normalized spacial score (nSPS) is 14.5. The maximum atomic E-state index is 13.2. The predicted molar refractivity (Wildman–Crippen MR) is 203 cm³/mol. The number of aromatic hydroxyl groups is 2. The SMILES string of the molecule is COc1cc(/N=N/c2cccc3cccc(O)c23)c(C)cc1/N=N/c1ccc2cc(/N=N/C3C(=O)N(c4ccc(C(=O)O)cc4)N=C3C(N)=O)ccc2c1O. The number of aromatic carboxylic acids is 1. The molecule has 0 aliphatic carbocycles. The number of fused-ring (bicyclic) bond motifs is 2. The first-order chi connectivity index (χ1) is 26.5. The van der Waals surface area contributed by atoms with Gasteiger partial charge in [-0.1, -0.05) is 30.3 Å². The van der Waals surface area contributed by atoms with Gasteiger partial charge in [-0.2, -0.15) is 25.5 Å². The van der Waals surface area contributed by atoms with Crippen LogP contribution >= 0.6 is 0 Å². The number of phenolic OH excluding ortho intramolecular Hbond substituents is 2. The monoisotopic (exact) mass is 735 g/mol. The molecule has 55 heavy (non-hydrogen) atoms. The molecular weight excluding hydrogens is 706 g/mol. The number of aryl methyl sites for hydroxylation is 1. The van der Waals surface area contributed by atoms with Crippen LogP contribution in [0.1, 0.15) is 15.9 Å². The van der Waals surface area contributed by atoms with E-state index in [2.05, 4.69) is 35.8 Å². The smallest absolute Gasteiger partial charge is 0.335 e. The number of amides is 2. The fourth-order valence-corrected chi connectivity index (χ4v) is 5.83. The minimum Gasteiger partial charge on any atom is -0.507 e. The number of primary amides is 1. The van der Waals surface area contributed by atoms with Crippen molar-refractivity contribution in [3.63, 3.8) is 0 Å². The highest BCUT2D eigenvalue weighted by Gasteiger charge is 2.40. The number of benzene rings is 6. The van der Waals surface area contributed by atoms with Crippen LogP contribution < -0.4 is 15.5 Å². The lowest BCUT2D eigenvalue weighted by Gasteiger charge is -2.12. The van der Waals surface area contributed by atoms with E-state index in [1.165, 1.54) is 31.4 Å². The molecule has 0 fully saturated rings. The molecule has 1 unspecified atom stereocenters. The number of rotatable bonds is 10. The molecule has 2 amide bonds. The van der Waals surface area contributed by atoms with Gasteiger partial charge < -0.3 is 25.8 Å². The minimum atomic E-state index is -1.43. The summed E-state index contributed by atoms with van der Waals surface area (Å²) in [5.74, 6) is -2.50. The Morgan fingerprint density at radius 2 is 1.49 bits per heavy atom. The summed E-state index contributed by atoms with van der Waals surface area (Å²) in [4.78, 5) is 36.5. The van der Waals surface area contributed by atoms with Gasteiger partial charge in [0, 0.05) is 11.5 Å². The lowest BCUT2D eigenvalue weighted by atomic mass is 10.1. The zero-order chi connectivity index (χ0) is 38.8. The van der Waals surface area contributed by atoms with Gasteiger partial charge in [0.2, 0.25) is 6.04 Å². The fraction of sp³-hybridized carbons (Fsp3) is 0.0769. The highest BCUT2D eigenvalue weighted by molar-refractivity contribution is 6.47. The molecule has 5 N–H and O–H groups in total. The molecule has 1 heterocycles. The Bertz CT molecular complexity index is 2670.